The minimum Gasteiger partial charge on any atom is -0.392 e. The van der Waals surface area contributed by atoms with Crippen molar-refractivity contribution in [1.82, 2.24) is 4.90 Å². The average Bonchev–Trinajstić information content (AvgIpc) is 2.68. The maximum absolute atomic E-state index is 9.29. The average molecular weight is 219 g/mol. The van der Waals surface area contributed by atoms with Crippen LogP contribution in [-0.4, -0.2) is 16.6 Å². The molecule has 1 N–H and O–H groups in total. The monoisotopic (exact) mass is 219 g/mol. The van der Waals surface area contributed by atoms with Crippen LogP contribution in [-0.2, 0) is 19.7 Å². The molecule has 1 aliphatic heterocycles. The van der Waals surface area contributed by atoms with Gasteiger partial charge in [0.15, 0.2) is 0 Å². The molecule has 2 heteroatoms. The van der Waals surface area contributed by atoms with E-state index in [-0.39, 0.29) is 6.61 Å². The smallest absolute Gasteiger partial charge is 0.0685 e. The first-order chi connectivity index (χ1) is 7.70. The number of benzene rings is 1. The Hall–Kier alpha value is -0.860. The van der Waals surface area contributed by atoms with Crippen molar-refractivity contribution in [3.8, 4) is 0 Å². The molecule has 0 fully saturated rings. The molecule has 0 aromatic heterocycles. The Balaban J connectivity index is 2.03. The van der Waals surface area contributed by atoms with Crippen molar-refractivity contribution in [3.63, 3.8) is 0 Å². The molecule has 0 saturated heterocycles. The Morgan fingerprint density at radius 3 is 2.81 bits per heavy atom. The predicted octanol–water partition coefficient (Wildman–Crippen LogP) is 2.54. The maximum Gasteiger partial charge on any atom is 0.0685 e. The lowest BCUT2D eigenvalue weighted by Gasteiger charge is -2.16. The molecule has 0 amide bonds. The second kappa shape index (κ2) is 4.98. The van der Waals surface area contributed by atoms with Crippen LogP contribution in [0.3, 0.4) is 0 Å². The first-order valence-electron chi connectivity index (χ1n) is 6.13. The number of rotatable bonds is 4. The molecule has 1 aromatic rings. The van der Waals surface area contributed by atoms with E-state index in [4.69, 9.17) is 0 Å². The standard InChI is InChI=1S/C14H21NO/c1-11(2)6-7-15-8-12-4-3-5-13(10-16)14(12)9-15/h3-5,11,16H,6-10H2,1-2H3. The fourth-order valence-electron chi connectivity index (χ4n) is 2.31. The van der Waals surface area contributed by atoms with Crippen molar-refractivity contribution < 1.29 is 5.11 Å². The van der Waals surface area contributed by atoms with Crippen molar-refractivity contribution in [1.29, 1.82) is 0 Å². The van der Waals surface area contributed by atoms with Crippen molar-refractivity contribution in [3.05, 3.63) is 34.9 Å². The zero-order chi connectivity index (χ0) is 11.5. The maximum atomic E-state index is 9.29. The topological polar surface area (TPSA) is 23.5 Å². The van der Waals surface area contributed by atoms with E-state index in [0.29, 0.717) is 0 Å². The minimum atomic E-state index is 0.168. The number of hydrogen-bond donors (Lipinski definition) is 1. The Morgan fingerprint density at radius 2 is 2.12 bits per heavy atom. The van der Waals surface area contributed by atoms with Gasteiger partial charge in [0.05, 0.1) is 6.61 Å². The van der Waals surface area contributed by atoms with Crippen LogP contribution in [0.1, 0.15) is 37.0 Å². The number of hydrogen-bond acceptors (Lipinski definition) is 2. The third kappa shape index (κ3) is 2.45. The number of fused-ring (bicyclic) bond motifs is 1. The van der Waals surface area contributed by atoms with E-state index in [9.17, 15) is 5.11 Å². The highest BCUT2D eigenvalue weighted by molar-refractivity contribution is 5.37. The molecule has 1 heterocycles. The molecule has 1 aromatic carbocycles. The molecule has 0 aliphatic carbocycles. The lowest BCUT2D eigenvalue weighted by atomic mass is 10.0. The molecule has 16 heavy (non-hydrogen) atoms. The van der Waals surface area contributed by atoms with Gasteiger partial charge in [0.1, 0.15) is 0 Å². The Bertz CT molecular complexity index is 360. The first-order valence-corrected chi connectivity index (χ1v) is 6.13. The largest absolute Gasteiger partial charge is 0.392 e. The summed E-state index contributed by atoms with van der Waals surface area (Å²) in [6, 6.07) is 6.27. The van der Waals surface area contributed by atoms with Gasteiger partial charge in [-0.3, -0.25) is 4.90 Å². The first kappa shape index (κ1) is 11.6. The summed E-state index contributed by atoms with van der Waals surface area (Å²) in [6.07, 6.45) is 1.25. The summed E-state index contributed by atoms with van der Waals surface area (Å²) in [4.78, 5) is 2.48. The number of aliphatic hydroxyl groups is 1. The Kier molecular flexibility index (Phi) is 3.62. The van der Waals surface area contributed by atoms with E-state index in [1.165, 1.54) is 17.5 Å². The molecule has 0 unspecified atom stereocenters. The van der Waals surface area contributed by atoms with Crippen molar-refractivity contribution in [2.45, 2.75) is 40.0 Å². The summed E-state index contributed by atoms with van der Waals surface area (Å²) in [5.41, 5.74) is 3.86. The van der Waals surface area contributed by atoms with E-state index in [2.05, 4.69) is 30.9 Å². The van der Waals surface area contributed by atoms with Gasteiger partial charge < -0.3 is 5.11 Å². The predicted molar refractivity (Wildman–Crippen MR) is 65.9 cm³/mol. The fraction of sp³-hybridized carbons (Fsp3) is 0.571. The third-order valence-corrected chi connectivity index (χ3v) is 3.34. The van der Waals surface area contributed by atoms with Gasteiger partial charge in [0, 0.05) is 13.1 Å². The third-order valence-electron chi connectivity index (χ3n) is 3.34. The van der Waals surface area contributed by atoms with Gasteiger partial charge in [-0.25, -0.2) is 0 Å². The number of nitrogens with zero attached hydrogens (tertiary/aromatic N) is 1. The molecule has 0 bridgehead atoms. The van der Waals surface area contributed by atoms with Crippen LogP contribution < -0.4 is 0 Å². The van der Waals surface area contributed by atoms with Crippen molar-refractivity contribution in [2.24, 2.45) is 5.92 Å². The molecule has 0 radical (unpaired) electrons. The second-order valence-electron chi connectivity index (χ2n) is 5.11. The molecular weight excluding hydrogens is 198 g/mol. The summed E-state index contributed by atoms with van der Waals surface area (Å²) in [5, 5.41) is 9.29. The summed E-state index contributed by atoms with van der Waals surface area (Å²) >= 11 is 0. The highest BCUT2D eigenvalue weighted by atomic mass is 16.3. The van der Waals surface area contributed by atoms with E-state index in [1.54, 1.807) is 0 Å². The second-order valence-corrected chi connectivity index (χ2v) is 5.11. The van der Waals surface area contributed by atoms with Crippen LogP contribution in [0, 0.1) is 5.92 Å². The molecule has 0 saturated carbocycles. The lowest BCUT2D eigenvalue weighted by molar-refractivity contribution is 0.260. The Morgan fingerprint density at radius 1 is 1.31 bits per heavy atom. The zero-order valence-corrected chi connectivity index (χ0v) is 10.2. The van der Waals surface area contributed by atoms with E-state index >= 15 is 0 Å². The van der Waals surface area contributed by atoms with Gasteiger partial charge in [-0.2, -0.15) is 0 Å². The van der Waals surface area contributed by atoms with Crippen LogP contribution in [0.15, 0.2) is 18.2 Å². The summed E-state index contributed by atoms with van der Waals surface area (Å²) in [7, 11) is 0. The van der Waals surface area contributed by atoms with Gasteiger partial charge in [-0.1, -0.05) is 32.0 Å². The normalized spacial score (nSPS) is 15.8. The molecular formula is C14H21NO. The lowest BCUT2D eigenvalue weighted by Crippen LogP contribution is -2.19. The van der Waals surface area contributed by atoms with Gasteiger partial charge in [0.2, 0.25) is 0 Å². The molecule has 2 nitrogen and oxygen atoms in total. The SMILES string of the molecule is CC(C)CCN1Cc2cccc(CO)c2C1. The van der Waals surface area contributed by atoms with E-state index in [1.807, 2.05) is 6.07 Å². The number of aliphatic hydroxyl groups excluding tert-OH is 1. The van der Waals surface area contributed by atoms with Gasteiger partial charge >= 0.3 is 0 Å². The molecule has 1 aliphatic rings. The summed E-state index contributed by atoms with van der Waals surface area (Å²) in [6.45, 7) is 7.93. The van der Waals surface area contributed by atoms with Gasteiger partial charge in [-0.15, -0.1) is 0 Å². The Labute approximate surface area is 97.9 Å². The molecule has 2 rings (SSSR count). The molecule has 88 valence electrons. The van der Waals surface area contributed by atoms with Gasteiger partial charge in [0.25, 0.3) is 0 Å². The summed E-state index contributed by atoms with van der Waals surface area (Å²) in [5.74, 6) is 0.765. The minimum absolute atomic E-state index is 0.168. The van der Waals surface area contributed by atoms with E-state index < -0.39 is 0 Å². The van der Waals surface area contributed by atoms with Gasteiger partial charge in [-0.05, 0) is 35.6 Å². The molecule has 0 atom stereocenters. The van der Waals surface area contributed by atoms with E-state index in [0.717, 1.165) is 31.1 Å². The summed E-state index contributed by atoms with van der Waals surface area (Å²) < 4.78 is 0. The van der Waals surface area contributed by atoms with Crippen molar-refractivity contribution >= 4 is 0 Å². The van der Waals surface area contributed by atoms with Crippen LogP contribution in [0.25, 0.3) is 0 Å². The van der Waals surface area contributed by atoms with Crippen LogP contribution in [0.5, 0.6) is 0 Å². The quantitative estimate of drug-likeness (QED) is 0.841. The molecule has 0 spiro atoms. The highest BCUT2D eigenvalue weighted by Crippen LogP contribution is 2.26. The highest BCUT2D eigenvalue weighted by Gasteiger charge is 2.20. The fourth-order valence-corrected chi connectivity index (χ4v) is 2.31. The van der Waals surface area contributed by atoms with Crippen LogP contribution in [0.4, 0.5) is 0 Å². The van der Waals surface area contributed by atoms with Crippen LogP contribution in [0.2, 0.25) is 0 Å². The van der Waals surface area contributed by atoms with Crippen LogP contribution >= 0.6 is 0 Å². The van der Waals surface area contributed by atoms with Crippen molar-refractivity contribution in [2.75, 3.05) is 6.54 Å². The zero-order valence-electron chi connectivity index (χ0n) is 10.2.